The van der Waals surface area contributed by atoms with Gasteiger partial charge in [-0.2, -0.15) is 28.1 Å². The third-order valence-corrected chi connectivity index (χ3v) is 10.1. The van der Waals surface area contributed by atoms with Crippen LogP contribution in [0.25, 0.3) is 0 Å². The Bertz CT molecular complexity index is 1930. The van der Waals surface area contributed by atoms with E-state index in [1.807, 2.05) is 12.1 Å². The van der Waals surface area contributed by atoms with E-state index in [2.05, 4.69) is 35.9 Å². The highest BCUT2D eigenvalue weighted by atomic mass is 35.5. The van der Waals surface area contributed by atoms with E-state index in [9.17, 15) is 27.6 Å². The fraction of sp³-hybridized carbons (Fsp3) is 0.364. The topological polar surface area (TPSA) is 155 Å². The van der Waals surface area contributed by atoms with E-state index in [0.29, 0.717) is 60.4 Å². The van der Waals surface area contributed by atoms with Crippen LogP contribution in [-0.4, -0.2) is 86.4 Å². The zero-order chi connectivity index (χ0) is 35.8. The van der Waals surface area contributed by atoms with Crippen molar-refractivity contribution >= 4 is 63.4 Å². The second-order valence-corrected chi connectivity index (χ2v) is 14.2. The van der Waals surface area contributed by atoms with Crippen molar-refractivity contribution in [3.05, 3.63) is 76.3 Å². The number of aromatic nitrogens is 4. The predicted octanol–water partition coefficient (Wildman–Crippen LogP) is 5.47. The van der Waals surface area contributed by atoms with E-state index in [0.717, 1.165) is 18.4 Å². The van der Waals surface area contributed by atoms with Gasteiger partial charge in [-0.1, -0.05) is 23.7 Å². The molecule has 266 valence electrons. The Hall–Kier alpha value is -5.03. The van der Waals surface area contributed by atoms with Gasteiger partial charge in [0.1, 0.15) is 0 Å². The minimum absolute atomic E-state index is 0.0270. The van der Waals surface area contributed by atoms with Crippen LogP contribution in [0.3, 0.4) is 0 Å². The second kappa shape index (κ2) is 13.6. The summed E-state index contributed by atoms with van der Waals surface area (Å²) in [5.41, 5.74) is 1.03. The Morgan fingerprint density at radius 2 is 1.59 bits per heavy atom. The first-order valence-corrected chi connectivity index (χ1v) is 17.3. The largest absolute Gasteiger partial charge is 0.454 e. The third-order valence-electron chi connectivity index (χ3n) is 9.16. The van der Waals surface area contributed by atoms with Gasteiger partial charge in [0.2, 0.25) is 11.9 Å². The minimum Gasteiger partial charge on any atom is -0.454 e. The van der Waals surface area contributed by atoms with Crippen LogP contribution < -0.4 is 20.7 Å². The Balaban J connectivity index is 0.994. The maximum absolute atomic E-state index is 13.5. The number of ether oxygens (including phenoxy) is 1. The number of benzene rings is 2. The smallest absolute Gasteiger partial charge is 0.422 e. The van der Waals surface area contributed by atoms with Gasteiger partial charge >= 0.3 is 24.0 Å². The van der Waals surface area contributed by atoms with Gasteiger partial charge < -0.3 is 25.2 Å². The molecule has 0 radical (unpaired) electrons. The number of hydrogen-bond donors (Lipinski definition) is 3. The molecule has 4 aromatic rings. The molecule has 3 fully saturated rings. The van der Waals surface area contributed by atoms with Crippen LogP contribution in [0.15, 0.2) is 60.1 Å². The highest BCUT2D eigenvalue weighted by Crippen LogP contribution is 2.48. The summed E-state index contributed by atoms with van der Waals surface area (Å²) in [5, 5.41) is 11.4. The number of carbonyl (C=O) groups is 3. The molecule has 2 aromatic heterocycles. The summed E-state index contributed by atoms with van der Waals surface area (Å²) in [6.45, 7) is 0.172. The van der Waals surface area contributed by atoms with Gasteiger partial charge in [0, 0.05) is 59.4 Å². The number of nitrogens with one attached hydrogen (secondary N) is 3. The average molecular weight is 742 g/mol. The van der Waals surface area contributed by atoms with Gasteiger partial charge in [-0.25, -0.2) is 4.98 Å². The Morgan fingerprint density at radius 3 is 2.25 bits per heavy atom. The molecule has 3 aliphatic rings. The summed E-state index contributed by atoms with van der Waals surface area (Å²) in [6.07, 6.45) is -0.192. The van der Waals surface area contributed by atoms with Crippen molar-refractivity contribution in [1.82, 2.24) is 29.7 Å². The summed E-state index contributed by atoms with van der Waals surface area (Å²) in [6, 6.07) is 13.3. The van der Waals surface area contributed by atoms with E-state index in [1.165, 1.54) is 22.4 Å². The van der Waals surface area contributed by atoms with Crippen molar-refractivity contribution in [3.8, 4) is 6.01 Å². The molecule has 1 saturated carbocycles. The van der Waals surface area contributed by atoms with Crippen LogP contribution >= 0.6 is 22.9 Å². The molecule has 7 rings (SSSR count). The third kappa shape index (κ3) is 7.99. The molecule has 18 heteroatoms. The summed E-state index contributed by atoms with van der Waals surface area (Å²) < 4.78 is 43.7. The predicted molar refractivity (Wildman–Crippen MR) is 182 cm³/mol. The summed E-state index contributed by atoms with van der Waals surface area (Å²) >= 11 is 7.27. The number of carbonyl (C=O) groups excluding carboxylic acids is 3. The summed E-state index contributed by atoms with van der Waals surface area (Å²) in [5.74, 6) is -1.57. The fourth-order valence-corrected chi connectivity index (χ4v) is 7.06. The number of amides is 3. The lowest BCUT2D eigenvalue weighted by Crippen LogP contribution is -2.40. The second-order valence-electron chi connectivity index (χ2n) is 12.8. The Labute approximate surface area is 298 Å². The molecule has 3 N–H and O–H groups in total. The molecule has 1 atom stereocenters. The molecule has 1 aliphatic carbocycles. The highest BCUT2D eigenvalue weighted by Gasteiger charge is 2.47. The van der Waals surface area contributed by atoms with Gasteiger partial charge in [0.15, 0.2) is 11.7 Å². The van der Waals surface area contributed by atoms with Crippen molar-refractivity contribution < 1.29 is 32.3 Å². The fourth-order valence-electron chi connectivity index (χ4n) is 6.41. The minimum atomic E-state index is -4.60. The average Bonchev–Trinajstić information content (AvgIpc) is 3.43. The van der Waals surface area contributed by atoms with Gasteiger partial charge in [-0.3, -0.25) is 19.7 Å². The SMILES string of the molecule is O=C(Nc1nccs1)C(=O)N1CCC2(CCN(C(=O)c3ccc(Nc4nc(NC5(c6ccc(Cl)cc6)CC5)nc(OCC(F)(F)F)n4)cc3)C2)C1. The maximum atomic E-state index is 13.5. The van der Waals surface area contributed by atoms with E-state index in [1.54, 1.807) is 46.7 Å². The normalized spacial score (nSPS) is 19.2. The number of anilines is 4. The lowest BCUT2D eigenvalue weighted by Gasteiger charge is -2.24. The van der Waals surface area contributed by atoms with Crippen LogP contribution in [0.4, 0.5) is 35.9 Å². The molecular weight excluding hydrogens is 711 g/mol. The van der Waals surface area contributed by atoms with Gasteiger partial charge in [0.05, 0.1) is 5.54 Å². The highest BCUT2D eigenvalue weighted by molar-refractivity contribution is 7.13. The Kier molecular flexibility index (Phi) is 9.18. The molecule has 2 aliphatic heterocycles. The quantitative estimate of drug-likeness (QED) is 0.188. The van der Waals surface area contributed by atoms with Crippen LogP contribution in [0.5, 0.6) is 6.01 Å². The molecule has 13 nitrogen and oxygen atoms in total. The lowest BCUT2D eigenvalue weighted by atomic mass is 9.86. The maximum Gasteiger partial charge on any atom is 0.422 e. The Morgan fingerprint density at radius 1 is 0.902 bits per heavy atom. The molecular formula is C33H31ClF3N9O4S. The van der Waals surface area contributed by atoms with E-state index < -0.39 is 36.1 Å². The number of thiazole rings is 1. The zero-order valence-corrected chi connectivity index (χ0v) is 28.4. The number of likely N-dealkylation sites (tertiary alicyclic amines) is 2. The molecule has 3 amide bonds. The monoisotopic (exact) mass is 741 g/mol. The van der Waals surface area contributed by atoms with Crippen LogP contribution in [0.1, 0.15) is 41.6 Å². The van der Waals surface area contributed by atoms with Crippen molar-refractivity contribution in [2.45, 2.75) is 37.4 Å². The van der Waals surface area contributed by atoms with Gasteiger partial charge in [-0.15, -0.1) is 11.3 Å². The molecule has 0 bridgehead atoms. The van der Waals surface area contributed by atoms with E-state index in [4.69, 9.17) is 16.3 Å². The van der Waals surface area contributed by atoms with Crippen molar-refractivity contribution in [1.29, 1.82) is 0 Å². The molecule has 51 heavy (non-hydrogen) atoms. The molecule has 4 heterocycles. The first kappa shape index (κ1) is 34.4. The van der Waals surface area contributed by atoms with Gasteiger partial charge in [0.25, 0.3) is 5.91 Å². The van der Waals surface area contributed by atoms with Crippen molar-refractivity contribution in [2.75, 3.05) is 48.7 Å². The van der Waals surface area contributed by atoms with Crippen LogP contribution in [0, 0.1) is 5.41 Å². The lowest BCUT2D eigenvalue weighted by molar-refractivity contribution is -0.154. The number of alkyl halides is 3. The van der Waals surface area contributed by atoms with Crippen LogP contribution in [0.2, 0.25) is 5.02 Å². The number of halogens is 4. The van der Waals surface area contributed by atoms with E-state index in [-0.39, 0.29) is 23.2 Å². The molecule has 1 spiro atoms. The molecule has 2 aromatic carbocycles. The number of rotatable bonds is 9. The van der Waals surface area contributed by atoms with E-state index >= 15 is 0 Å². The number of hydrogen-bond acceptors (Lipinski definition) is 11. The van der Waals surface area contributed by atoms with Crippen molar-refractivity contribution in [2.24, 2.45) is 5.41 Å². The zero-order valence-electron chi connectivity index (χ0n) is 26.9. The van der Waals surface area contributed by atoms with Crippen molar-refractivity contribution in [3.63, 3.8) is 0 Å². The summed E-state index contributed by atoms with van der Waals surface area (Å²) in [7, 11) is 0. The number of nitrogens with zero attached hydrogens (tertiary/aromatic N) is 6. The first-order valence-electron chi connectivity index (χ1n) is 16.0. The summed E-state index contributed by atoms with van der Waals surface area (Å²) in [4.78, 5) is 58.5. The van der Waals surface area contributed by atoms with Gasteiger partial charge in [-0.05, 0) is 67.6 Å². The molecule has 2 saturated heterocycles. The standard InChI is InChI=1S/C33H31ClF3N9O4S/c34-22-5-3-21(4-6-22)32(9-10-32)44-28-41-27(42-29(43-28)50-19-33(35,36)37)39-23-7-1-20(2-8-23)25(48)45-14-11-31(17-45)12-15-46(18-31)26(49)24(47)40-30-38-13-16-51-30/h1-8,13,16H,9-12,14-15,17-19H2,(H,38,40,47)(H2,39,41,42,43,44). The molecule has 1 unspecified atom stereocenters. The van der Waals surface area contributed by atoms with Crippen LogP contribution in [-0.2, 0) is 15.1 Å². The first-order chi connectivity index (χ1) is 24.4.